The van der Waals surface area contributed by atoms with Crippen LogP contribution in [-0.4, -0.2) is 50.8 Å². The first-order valence-electron chi connectivity index (χ1n) is 11.3. The monoisotopic (exact) mass is 528 g/mol. The number of sulfonamides is 1. The van der Waals surface area contributed by atoms with E-state index in [2.05, 4.69) is 31.0 Å². The average Bonchev–Trinajstić information content (AvgIpc) is 3.08. The van der Waals surface area contributed by atoms with Crippen LogP contribution in [0.1, 0.15) is 57.3 Å². The second-order valence-corrected chi connectivity index (χ2v) is 10.9. The molecule has 2 atom stereocenters. The van der Waals surface area contributed by atoms with Gasteiger partial charge in [-0.2, -0.15) is 0 Å². The summed E-state index contributed by atoms with van der Waals surface area (Å²) in [6.45, 7) is 6.46. The number of carbonyl (C=O) groups excluding carboxylic acids is 2. The summed E-state index contributed by atoms with van der Waals surface area (Å²) in [4.78, 5) is 28.7. The minimum Gasteiger partial charge on any atom is -0.338 e. The summed E-state index contributed by atoms with van der Waals surface area (Å²) < 4.78 is 42.9. The van der Waals surface area contributed by atoms with Crippen molar-refractivity contribution < 1.29 is 22.4 Å². The lowest BCUT2D eigenvalue weighted by Crippen LogP contribution is -2.39. The minimum atomic E-state index is -4.17. The van der Waals surface area contributed by atoms with E-state index in [9.17, 15) is 22.4 Å². The van der Waals surface area contributed by atoms with Gasteiger partial charge < -0.3 is 21.3 Å². The van der Waals surface area contributed by atoms with Crippen molar-refractivity contribution >= 4 is 44.5 Å². The van der Waals surface area contributed by atoms with Gasteiger partial charge >= 0.3 is 12.1 Å². The number of benzene rings is 1. The predicted octanol–water partition coefficient (Wildman–Crippen LogP) is 3.04. The van der Waals surface area contributed by atoms with Crippen molar-refractivity contribution in [1.82, 2.24) is 31.0 Å². The number of amides is 4. The molecule has 0 spiro atoms. The van der Waals surface area contributed by atoms with Gasteiger partial charge in [-0.25, -0.2) is 32.1 Å². The number of aromatic nitrogens is 1. The minimum absolute atomic E-state index is 0.0722. The quantitative estimate of drug-likeness (QED) is 0.335. The summed E-state index contributed by atoms with van der Waals surface area (Å²) in [5, 5.41) is 11.8. The molecule has 0 unspecified atom stereocenters. The normalized spacial score (nSPS) is 17.7. The van der Waals surface area contributed by atoms with Crippen molar-refractivity contribution in [2.45, 2.75) is 56.8 Å². The Bertz CT molecular complexity index is 1230. The molecule has 0 fully saturated rings. The third-order valence-electron chi connectivity index (χ3n) is 5.48. The molecule has 35 heavy (non-hydrogen) atoms. The summed E-state index contributed by atoms with van der Waals surface area (Å²) in [7, 11) is -4.17. The number of urea groups is 2. The number of fused-ring (bicyclic) bond motifs is 3. The summed E-state index contributed by atoms with van der Waals surface area (Å²) in [6, 6.07) is 0.884. The van der Waals surface area contributed by atoms with Gasteiger partial charge in [0.25, 0.3) is 0 Å². The van der Waals surface area contributed by atoms with Crippen LogP contribution < -0.4 is 26.0 Å². The molecule has 0 bridgehead atoms. The van der Waals surface area contributed by atoms with Crippen LogP contribution >= 0.6 is 11.6 Å². The van der Waals surface area contributed by atoms with Crippen LogP contribution in [0.15, 0.2) is 23.2 Å². The molecule has 0 radical (unpaired) electrons. The zero-order valence-electron chi connectivity index (χ0n) is 20.0. The maximum Gasteiger partial charge on any atom is 0.315 e. The third kappa shape index (κ3) is 6.30. The lowest BCUT2D eigenvalue weighted by Gasteiger charge is -2.20. The van der Waals surface area contributed by atoms with Crippen molar-refractivity contribution in [3.8, 4) is 0 Å². The van der Waals surface area contributed by atoms with E-state index in [-0.39, 0.29) is 21.9 Å². The molecule has 2 aromatic rings. The van der Waals surface area contributed by atoms with Crippen molar-refractivity contribution in [1.29, 1.82) is 0 Å². The van der Waals surface area contributed by atoms with Gasteiger partial charge in [-0.15, -0.1) is 0 Å². The fraction of sp³-hybridized carbons (Fsp3) is 0.500. The number of rotatable bonds is 8. The number of halogens is 2. The Hall–Kier alpha value is -2.70. The largest absolute Gasteiger partial charge is 0.338 e. The van der Waals surface area contributed by atoms with E-state index in [1.54, 1.807) is 13.8 Å². The maximum atomic E-state index is 14.1. The molecule has 10 nitrogen and oxygen atoms in total. The molecule has 13 heteroatoms. The highest BCUT2D eigenvalue weighted by molar-refractivity contribution is 7.89. The number of nitrogens with zero attached hydrogens (tertiary/aromatic N) is 1. The number of nitrogens with one attached hydrogen (secondary N) is 5. The molecule has 1 heterocycles. The van der Waals surface area contributed by atoms with Crippen molar-refractivity contribution in [2.24, 2.45) is 0 Å². The first kappa shape index (κ1) is 26.9. The van der Waals surface area contributed by atoms with E-state index in [0.29, 0.717) is 29.6 Å². The molecule has 1 aromatic heterocycles. The molecule has 0 saturated carbocycles. The maximum absolute atomic E-state index is 14.1. The number of hydrogen-bond acceptors (Lipinski definition) is 5. The Kier molecular flexibility index (Phi) is 8.07. The van der Waals surface area contributed by atoms with Crippen LogP contribution in [0.3, 0.4) is 0 Å². The van der Waals surface area contributed by atoms with Crippen molar-refractivity contribution in [2.75, 3.05) is 19.6 Å². The summed E-state index contributed by atoms with van der Waals surface area (Å²) in [5.74, 6) is 0. The highest BCUT2D eigenvalue weighted by atomic mass is 35.5. The van der Waals surface area contributed by atoms with Crippen LogP contribution in [0.4, 0.5) is 14.0 Å². The first-order chi connectivity index (χ1) is 16.4. The lowest BCUT2D eigenvalue weighted by molar-refractivity contribution is 0.221. The van der Waals surface area contributed by atoms with E-state index in [1.165, 1.54) is 32.2 Å². The smallest absolute Gasteiger partial charge is 0.315 e. The lowest BCUT2D eigenvalue weighted by atomic mass is 10.00. The van der Waals surface area contributed by atoms with Gasteiger partial charge in [-0.05, 0) is 57.4 Å². The highest BCUT2D eigenvalue weighted by Gasteiger charge is 2.37. The van der Waals surface area contributed by atoms with E-state index in [0.717, 1.165) is 0 Å². The number of hydrogen-bond donors (Lipinski definition) is 5. The first-order valence-corrected chi connectivity index (χ1v) is 13.1. The van der Waals surface area contributed by atoms with Gasteiger partial charge in [-0.1, -0.05) is 11.6 Å². The topological polar surface area (TPSA) is 141 Å². The van der Waals surface area contributed by atoms with Crippen LogP contribution in [0.25, 0.3) is 10.8 Å². The zero-order valence-corrected chi connectivity index (χ0v) is 21.5. The molecule has 3 rings (SSSR count). The van der Waals surface area contributed by atoms with Gasteiger partial charge in [-0.3, -0.25) is 0 Å². The SMILES string of the molecule is CCNC(=O)N[C@H]1C[C@@H](NC(=O)NCC)c2cc(S(=O)(=O)NCC(C)(C)F)c3cc(Cl)ncc3c21. The standard InChI is InChI=1S/C22H30ClFN6O4S/c1-5-25-20(31)29-15-9-16(30-21(32)26-6-2)19-13(15)7-17(12-8-18(23)27-10-14(12)19)35(33,34)28-11-22(3,4)24/h7-8,10,15-16,28H,5-6,9,11H2,1-4H3,(H2,25,29,31)(H2,26,30,32)/t15-,16+/m1/s1. The van der Waals surface area contributed by atoms with Gasteiger partial charge in [0.2, 0.25) is 10.0 Å². The Morgan fingerprint density at radius 1 is 1.09 bits per heavy atom. The van der Waals surface area contributed by atoms with Crippen LogP contribution in [0, 0.1) is 0 Å². The van der Waals surface area contributed by atoms with Gasteiger partial charge in [0.05, 0.1) is 17.0 Å². The van der Waals surface area contributed by atoms with Crippen LogP contribution in [0.5, 0.6) is 0 Å². The third-order valence-corrected chi connectivity index (χ3v) is 7.12. The van der Waals surface area contributed by atoms with E-state index in [4.69, 9.17) is 11.6 Å². The Morgan fingerprint density at radius 3 is 2.26 bits per heavy atom. The molecule has 1 aromatic carbocycles. The molecule has 192 valence electrons. The average molecular weight is 529 g/mol. The number of pyridine rings is 1. The van der Waals surface area contributed by atoms with E-state index < -0.39 is 46.4 Å². The number of alkyl halides is 1. The Labute approximate surface area is 208 Å². The van der Waals surface area contributed by atoms with Crippen LogP contribution in [-0.2, 0) is 10.0 Å². The molecular weight excluding hydrogens is 499 g/mol. The summed E-state index contributed by atoms with van der Waals surface area (Å²) in [5.41, 5.74) is -0.639. The molecule has 1 aliphatic carbocycles. The Morgan fingerprint density at radius 2 is 1.69 bits per heavy atom. The van der Waals surface area contributed by atoms with Crippen LogP contribution in [0.2, 0.25) is 5.15 Å². The molecular formula is C22H30ClFN6O4S. The van der Waals surface area contributed by atoms with Crippen molar-refractivity contribution in [3.05, 3.63) is 34.6 Å². The molecule has 1 aliphatic rings. The van der Waals surface area contributed by atoms with Gasteiger partial charge in [0, 0.05) is 36.6 Å². The van der Waals surface area contributed by atoms with E-state index >= 15 is 0 Å². The molecule has 4 amide bonds. The van der Waals surface area contributed by atoms with E-state index in [1.807, 2.05) is 0 Å². The predicted molar refractivity (Wildman–Crippen MR) is 132 cm³/mol. The molecule has 5 N–H and O–H groups in total. The summed E-state index contributed by atoms with van der Waals surface area (Å²) >= 11 is 6.10. The summed E-state index contributed by atoms with van der Waals surface area (Å²) in [6.07, 6.45) is 1.73. The van der Waals surface area contributed by atoms with Crippen molar-refractivity contribution in [3.63, 3.8) is 0 Å². The second-order valence-electron chi connectivity index (χ2n) is 8.82. The van der Waals surface area contributed by atoms with Gasteiger partial charge in [0.15, 0.2) is 0 Å². The molecule has 0 saturated heterocycles. The van der Waals surface area contributed by atoms with Gasteiger partial charge in [0.1, 0.15) is 10.8 Å². The molecule has 0 aliphatic heterocycles. The fourth-order valence-electron chi connectivity index (χ4n) is 4.03. The zero-order chi connectivity index (χ0) is 26.0. The number of carbonyl (C=O) groups is 2. The Balaban J connectivity index is 2.19. The second kappa shape index (κ2) is 10.5. The highest BCUT2D eigenvalue weighted by Crippen LogP contribution is 2.45. The fourth-order valence-corrected chi connectivity index (χ4v) is 5.62.